The van der Waals surface area contributed by atoms with Gasteiger partial charge in [0.05, 0.1) is 17.6 Å². The van der Waals surface area contributed by atoms with Crippen LogP contribution < -0.4 is 9.80 Å². The molecule has 7 heteroatoms. The maximum absolute atomic E-state index is 14.1. The van der Waals surface area contributed by atoms with Gasteiger partial charge in [0.25, 0.3) is 5.91 Å². The van der Waals surface area contributed by atoms with Crippen molar-refractivity contribution in [2.24, 2.45) is 5.92 Å². The molecule has 2 amide bonds. The van der Waals surface area contributed by atoms with Gasteiger partial charge >= 0.3 is 0 Å². The number of carbonyl (C=O) groups excluding carboxylic acids is 2. The monoisotopic (exact) mass is 455 g/mol. The van der Waals surface area contributed by atoms with Crippen LogP contribution in [0.15, 0.2) is 48.5 Å². The molecule has 2 fully saturated rings. The van der Waals surface area contributed by atoms with E-state index in [9.17, 15) is 9.59 Å². The number of benzene rings is 2. The van der Waals surface area contributed by atoms with Crippen LogP contribution in [0.1, 0.15) is 32.3 Å². The number of para-hydroxylation sites is 1. The summed E-state index contributed by atoms with van der Waals surface area (Å²) in [6.07, 6.45) is 2.29. The molecular formula is C24H26ClN3O2S. The lowest BCUT2D eigenvalue weighted by atomic mass is 10.00. The van der Waals surface area contributed by atoms with Gasteiger partial charge in [0, 0.05) is 29.4 Å². The third-order valence-corrected chi connectivity index (χ3v) is 8.32. The van der Waals surface area contributed by atoms with E-state index >= 15 is 0 Å². The molecule has 5 rings (SSSR count). The number of fused-ring (bicyclic) bond motifs is 2. The summed E-state index contributed by atoms with van der Waals surface area (Å²) in [5.74, 6) is 0.616. The van der Waals surface area contributed by atoms with Crippen LogP contribution in [0.5, 0.6) is 0 Å². The van der Waals surface area contributed by atoms with Crippen LogP contribution in [0.3, 0.4) is 0 Å². The van der Waals surface area contributed by atoms with Gasteiger partial charge in [-0.15, -0.1) is 11.8 Å². The van der Waals surface area contributed by atoms with Crippen molar-refractivity contribution in [2.45, 2.75) is 36.8 Å². The van der Waals surface area contributed by atoms with E-state index in [-0.39, 0.29) is 17.1 Å². The summed E-state index contributed by atoms with van der Waals surface area (Å²) in [5.41, 5.74) is 2.44. The topological polar surface area (TPSA) is 43.9 Å². The van der Waals surface area contributed by atoms with Gasteiger partial charge in [-0.2, -0.15) is 0 Å². The zero-order valence-electron chi connectivity index (χ0n) is 17.8. The Bertz CT molecular complexity index is 1040. The fourth-order valence-electron chi connectivity index (χ4n) is 4.90. The Hall–Kier alpha value is -2.02. The van der Waals surface area contributed by atoms with Crippen molar-refractivity contribution in [3.05, 3.63) is 59.1 Å². The van der Waals surface area contributed by atoms with E-state index in [1.807, 2.05) is 48.2 Å². The van der Waals surface area contributed by atoms with Gasteiger partial charge in [-0.1, -0.05) is 42.8 Å². The number of piperidine rings is 1. The summed E-state index contributed by atoms with van der Waals surface area (Å²) in [5, 5.41) is 0.217. The molecule has 3 aliphatic heterocycles. The molecule has 0 saturated carbocycles. The third-order valence-electron chi connectivity index (χ3n) is 6.61. The summed E-state index contributed by atoms with van der Waals surface area (Å²) in [6.45, 7) is 6.69. The van der Waals surface area contributed by atoms with Crippen molar-refractivity contribution in [1.29, 1.82) is 0 Å². The van der Waals surface area contributed by atoms with Gasteiger partial charge in [-0.05, 0) is 49.9 Å². The van der Waals surface area contributed by atoms with E-state index in [1.165, 1.54) is 11.8 Å². The zero-order valence-corrected chi connectivity index (χ0v) is 19.3. The van der Waals surface area contributed by atoms with Gasteiger partial charge < -0.3 is 0 Å². The first-order valence-corrected chi connectivity index (χ1v) is 12.1. The van der Waals surface area contributed by atoms with Gasteiger partial charge in [0.1, 0.15) is 0 Å². The summed E-state index contributed by atoms with van der Waals surface area (Å²) >= 11 is 7.69. The highest BCUT2D eigenvalue weighted by Gasteiger charge is 2.63. The number of thioether (sulfide) groups is 1. The predicted molar refractivity (Wildman–Crippen MR) is 126 cm³/mol. The van der Waals surface area contributed by atoms with E-state index < -0.39 is 4.87 Å². The van der Waals surface area contributed by atoms with Gasteiger partial charge in [0.2, 0.25) is 10.8 Å². The average Bonchev–Trinajstić information content (AvgIpc) is 3.16. The third kappa shape index (κ3) is 3.27. The molecule has 5 nitrogen and oxygen atoms in total. The van der Waals surface area contributed by atoms with E-state index in [2.05, 4.69) is 11.8 Å². The van der Waals surface area contributed by atoms with Crippen molar-refractivity contribution < 1.29 is 9.59 Å². The molecule has 2 atom stereocenters. The lowest BCUT2D eigenvalue weighted by molar-refractivity contribution is -0.124. The summed E-state index contributed by atoms with van der Waals surface area (Å²) in [7, 11) is 0. The SMILES string of the molecule is CC1CCN(CN2C(=O)C3(SC(C)C(=O)N3c3cccc(Cl)c3)c3ccccc32)CC1. The molecule has 2 saturated heterocycles. The van der Waals surface area contributed by atoms with E-state index in [0.717, 1.165) is 43.1 Å². The van der Waals surface area contributed by atoms with Crippen molar-refractivity contribution in [2.75, 3.05) is 29.6 Å². The first kappa shape index (κ1) is 20.9. The minimum absolute atomic E-state index is 0.0463. The van der Waals surface area contributed by atoms with Crippen LogP contribution in [-0.2, 0) is 14.5 Å². The van der Waals surface area contributed by atoms with Crippen molar-refractivity contribution >= 4 is 46.6 Å². The molecule has 162 valence electrons. The Morgan fingerprint density at radius 1 is 1.06 bits per heavy atom. The number of halogens is 1. The lowest BCUT2D eigenvalue weighted by Gasteiger charge is -2.35. The second-order valence-corrected chi connectivity index (χ2v) is 10.7. The normalized spacial score (nSPS) is 26.9. The molecular weight excluding hydrogens is 430 g/mol. The van der Waals surface area contributed by atoms with E-state index in [0.29, 0.717) is 17.4 Å². The number of nitrogens with zero attached hydrogens (tertiary/aromatic N) is 3. The van der Waals surface area contributed by atoms with Gasteiger partial charge in [0.15, 0.2) is 0 Å². The minimum Gasteiger partial charge on any atom is -0.295 e. The molecule has 31 heavy (non-hydrogen) atoms. The predicted octanol–water partition coefficient (Wildman–Crippen LogP) is 4.70. The van der Waals surface area contributed by atoms with Crippen LogP contribution in [0.2, 0.25) is 5.02 Å². The maximum atomic E-state index is 14.1. The molecule has 3 heterocycles. The molecule has 2 aromatic rings. The molecule has 0 radical (unpaired) electrons. The second-order valence-electron chi connectivity index (χ2n) is 8.75. The fourth-order valence-corrected chi connectivity index (χ4v) is 6.61. The molecule has 2 unspecified atom stereocenters. The first-order chi connectivity index (χ1) is 14.9. The molecule has 0 aliphatic carbocycles. The largest absolute Gasteiger partial charge is 0.295 e. The molecule has 3 aliphatic rings. The Balaban J connectivity index is 1.59. The van der Waals surface area contributed by atoms with Crippen LogP contribution in [-0.4, -0.2) is 41.7 Å². The second kappa shape index (κ2) is 7.84. The minimum atomic E-state index is -1.10. The highest BCUT2D eigenvalue weighted by atomic mass is 35.5. The first-order valence-electron chi connectivity index (χ1n) is 10.8. The number of carbonyl (C=O) groups is 2. The van der Waals surface area contributed by atoms with Crippen LogP contribution in [0.25, 0.3) is 0 Å². The number of anilines is 2. The molecule has 0 bridgehead atoms. The van der Waals surface area contributed by atoms with E-state index in [4.69, 9.17) is 11.6 Å². The zero-order chi connectivity index (χ0) is 21.8. The smallest absolute Gasteiger partial charge is 0.269 e. The highest BCUT2D eigenvalue weighted by Crippen LogP contribution is 2.57. The van der Waals surface area contributed by atoms with Crippen LogP contribution in [0.4, 0.5) is 11.4 Å². The number of rotatable bonds is 3. The van der Waals surface area contributed by atoms with Crippen molar-refractivity contribution in [1.82, 2.24) is 4.90 Å². The quantitative estimate of drug-likeness (QED) is 0.673. The van der Waals surface area contributed by atoms with Crippen molar-refractivity contribution in [3.8, 4) is 0 Å². The fraction of sp³-hybridized carbons (Fsp3) is 0.417. The lowest BCUT2D eigenvalue weighted by Crippen LogP contribution is -2.52. The Kier molecular flexibility index (Phi) is 5.27. The van der Waals surface area contributed by atoms with Gasteiger partial charge in [-0.25, -0.2) is 0 Å². The molecule has 2 aromatic carbocycles. The molecule has 0 N–H and O–H groups in total. The van der Waals surface area contributed by atoms with Gasteiger partial charge in [-0.3, -0.25) is 24.3 Å². The Labute approximate surface area is 192 Å². The van der Waals surface area contributed by atoms with Crippen LogP contribution in [0, 0.1) is 5.92 Å². The summed E-state index contributed by atoms with van der Waals surface area (Å²) in [4.78, 5) is 32.3. The Morgan fingerprint density at radius 3 is 2.55 bits per heavy atom. The summed E-state index contributed by atoms with van der Waals surface area (Å²) < 4.78 is 0. The van der Waals surface area contributed by atoms with Crippen LogP contribution >= 0.6 is 23.4 Å². The number of likely N-dealkylation sites (tertiary alicyclic amines) is 1. The number of hydrogen-bond donors (Lipinski definition) is 0. The standard InChI is InChI=1S/C24H26ClN3O2S/c1-16-10-12-26(13-11-16)15-27-21-9-4-3-8-20(21)24(23(27)30)28(22(29)17(2)31-24)19-7-5-6-18(25)14-19/h3-9,14,16-17H,10-13,15H2,1-2H3. The summed E-state index contributed by atoms with van der Waals surface area (Å²) in [6, 6.07) is 15.1. The highest BCUT2D eigenvalue weighted by molar-refractivity contribution is 8.03. The number of hydrogen-bond acceptors (Lipinski definition) is 4. The average molecular weight is 456 g/mol. The maximum Gasteiger partial charge on any atom is 0.269 e. The number of amides is 2. The van der Waals surface area contributed by atoms with E-state index in [1.54, 1.807) is 17.0 Å². The Morgan fingerprint density at radius 2 is 1.81 bits per heavy atom. The molecule has 1 spiro atoms. The molecule has 0 aromatic heterocycles. The van der Waals surface area contributed by atoms with Crippen molar-refractivity contribution in [3.63, 3.8) is 0 Å².